The minimum absolute atomic E-state index is 0.266. The van der Waals surface area contributed by atoms with Gasteiger partial charge in [0.05, 0.1) is 16.1 Å². The summed E-state index contributed by atoms with van der Waals surface area (Å²) in [7, 11) is -3.33. The number of rotatable bonds is 6. The molecule has 2 nitrogen and oxygen atoms in total. The average molecular weight is 581 g/mol. The molecule has 0 fully saturated rings. The Bertz CT molecular complexity index is 1570. The second kappa shape index (κ2) is 10.2. The van der Waals surface area contributed by atoms with E-state index in [2.05, 4.69) is 141 Å². The Morgan fingerprint density at radius 3 is 1.22 bits per heavy atom. The first kappa shape index (κ1) is 29.7. The van der Waals surface area contributed by atoms with E-state index in [1.165, 1.54) is 33.0 Å². The standard InChI is InChI=1S/C37H48O2Si2/c1-25-34-28(32(26-18-14-12-15-19-26)30(38-34)23-40(8,9)36(2,3)4)22-29-33(27-20-16-13-17-21-27)31(39-35(25)29)24-41(10,11)37(5,6)7/h12-22H,23-24H2,1-11H3. The van der Waals surface area contributed by atoms with E-state index in [9.17, 15) is 0 Å². The molecular formula is C37H48O2Si2. The average Bonchev–Trinajstić information content (AvgIpc) is 3.41. The zero-order valence-electron chi connectivity index (χ0n) is 27.1. The molecule has 2 aromatic heterocycles. The molecule has 0 saturated carbocycles. The molecule has 0 unspecified atom stereocenters. The van der Waals surface area contributed by atoms with Crippen molar-refractivity contribution in [3.63, 3.8) is 0 Å². The summed E-state index contributed by atoms with van der Waals surface area (Å²) in [4.78, 5) is 0. The molecule has 2 heterocycles. The van der Waals surface area contributed by atoms with E-state index in [1.807, 2.05) is 0 Å². The van der Waals surface area contributed by atoms with E-state index in [-0.39, 0.29) is 10.1 Å². The highest BCUT2D eigenvalue weighted by molar-refractivity contribution is 6.80. The van der Waals surface area contributed by atoms with Crippen LogP contribution in [0.25, 0.3) is 44.2 Å². The third-order valence-electron chi connectivity index (χ3n) is 10.4. The van der Waals surface area contributed by atoms with E-state index in [0.717, 1.165) is 40.3 Å². The highest BCUT2D eigenvalue weighted by Crippen LogP contribution is 2.48. The van der Waals surface area contributed by atoms with Crippen molar-refractivity contribution < 1.29 is 8.83 Å². The van der Waals surface area contributed by atoms with Gasteiger partial charge in [-0.3, -0.25) is 0 Å². The number of furan rings is 2. The smallest absolute Gasteiger partial charge is 0.141 e. The molecule has 3 aromatic carbocycles. The molecule has 0 amide bonds. The van der Waals surface area contributed by atoms with Crippen molar-refractivity contribution >= 4 is 38.1 Å². The third kappa shape index (κ3) is 5.30. The summed E-state index contributed by atoms with van der Waals surface area (Å²) in [6, 6.07) is 26.0. The SMILES string of the molecule is Cc1c2oc(C[Si](C)(C)C(C)(C)C)c(-c3ccccc3)c2cc2c(-c3ccccc3)c(C[Si](C)(C)C(C)(C)C)oc12. The number of fused-ring (bicyclic) bond motifs is 2. The lowest BCUT2D eigenvalue weighted by Crippen LogP contribution is -2.39. The Hall–Kier alpha value is -2.83. The Labute approximate surface area is 249 Å². The van der Waals surface area contributed by atoms with Gasteiger partial charge in [0.2, 0.25) is 0 Å². The monoisotopic (exact) mass is 580 g/mol. The molecule has 216 valence electrons. The zero-order valence-corrected chi connectivity index (χ0v) is 29.1. The van der Waals surface area contributed by atoms with Crippen LogP contribution < -0.4 is 0 Å². The first-order valence-electron chi connectivity index (χ1n) is 15.1. The summed E-state index contributed by atoms with van der Waals surface area (Å²) in [5.41, 5.74) is 8.00. The minimum Gasteiger partial charge on any atom is -0.460 e. The molecule has 41 heavy (non-hydrogen) atoms. The van der Waals surface area contributed by atoms with Gasteiger partial charge in [-0.2, -0.15) is 0 Å². The van der Waals surface area contributed by atoms with Crippen LogP contribution in [0.3, 0.4) is 0 Å². The summed E-state index contributed by atoms with van der Waals surface area (Å²) in [5.74, 6) is 2.24. The maximum absolute atomic E-state index is 6.92. The van der Waals surface area contributed by atoms with Crippen LogP contribution >= 0.6 is 0 Å². The molecule has 5 aromatic rings. The molecule has 0 spiro atoms. The first-order chi connectivity index (χ1) is 19.0. The van der Waals surface area contributed by atoms with Gasteiger partial charge >= 0.3 is 0 Å². The predicted octanol–water partition coefficient (Wildman–Crippen LogP) is 12.0. The molecule has 0 N–H and O–H groups in total. The lowest BCUT2D eigenvalue weighted by molar-refractivity contribution is 0.552. The molecule has 0 atom stereocenters. The minimum atomic E-state index is -1.66. The summed E-state index contributed by atoms with van der Waals surface area (Å²) < 4.78 is 13.8. The summed E-state index contributed by atoms with van der Waals surface area (Å²) in [6.07, 6.45) is 0. The van der Waals surface area contributed by atoms with E-state index in [1.54, 1.807) is 0 Å². The molecule has 5 rings (SSSR count). The summed E-state index contributed by atoms with van der Waals surface area (Å²) in [6.45, 7) is 26.5. The third-order valence-corrected chi connectivity index (χ3v) is 20.9. The highest BCUT2D eigenvalue weighted by Gasteiger charge is 2.39. The van der Waals surface area contributed by atoms with Gasteiger partial charge in [-0.05, 0) is 34.2 Å². The molecular weight excluding hydrogens is 533 g/mol. The van der Waals surface area contributed by atoms with Gasteiger partial charge in [-0.25, -0.2) is 0 Å². The van der Waals surface area contributed by atoms with Crippen molar-refractivity contribution in [1.82, 2.24) is 0 Å². The number of benzene rings is 3. The molecule has 0 saturated heterocycles. The molecule has 0 radical (unpaired) electrons. The number of hydrogen-bond acceptors (Lipinski definition) is 2. The second-order valence-electron chi connectivity index (χ2n) is 15.4. The molecule has 4 heteroatoms. The Morgan fingerprint density at radius 2 is 0.902 bits per heavy atom. The van der Waals surface area contributed by atoms with Gasteiger partial charge in [-0.1, -0.05) is 128 Å². The van der Waals surface area contributed by atoms with Crippen molar-refractivity contribution in [1.29, 1.82) is 0 Å². The van der Waals surface area contributed by atoms with Gasteiger partial charge < -0.3 is 8.83 Å². The Balaban J connectivity index is 1.84. The molecule has 0 aliphatic carbocycles. The van der Waals surface area contributed by atoms with Gasteiger partial charge in [0.25, 0.3) is 0 Å². The summed E-state index contributed by atoms with van der Waals surface area (Å²) >= 11 is 0. The quantitative estimate of drug-likeness (QED) is 0.187. The lowest BCUT2D eigenvalue weighted by atomic mass is 9.96. The van der Waals surface area contributed by atoms with Crippen LogP contribution in [0.4, 0.5) is 0 Å². The fourth-order valence-corrected chi connectivity index (χ4v) is 8.65. The van der Waals surface area contributed by atoms with Crippen molar-refractivity contribution in [3.8, 4) is 22.3 Å². The molecule has 0 aliphatic heterocycles. The zero-order chi connectivity index (χ0) is 30.0. The van der Waals surface area contributed by atoms with Crippen LogP contribution in [-0.4, -0.2) is 16.1 Å². The fraction of sp³-hybridized carbons (Fsp3) is 0.405. The molecule has 0 aliphatic rings. The van der Waals surface area contributed by atoms with Crippen molar-refractivity contribution in [3.05, 3.63) is 83.8 Å². The Kier molecular flexibility index (Phi) is 7.35. The van der Waals surface area contributed by atoms with Crippen LogP contribution in [0, 0.1) is 6.92 Å². The largest absolute Gasteiger partial charge is 0.460 e. The van der Waals surface area contributed by atoms with Crippen LogP contribution in [0.2, 0.25) is 36.3 Å². The van der Waals surface area contributed by atoms with Gasteiger partial charge in [-0.15, -0.1) is 0 Å². The van der Waals surface area contributed by atoms with E-state index in [0.29, 0.717) is 0 Å². The second-order valence-corrected chi connectivity index (χ2v) is 26.7. The predicted molar refractivity (Wildman–Crippen MR) is 183 cm³/mol. The van der Waals surface area contributed by atoms with Gasteiger partial charge in [0.1, 0.15) is 22.7 Å². The highest BCUT2D eigenvalue weighted by atomic mass is 28.3. The maximum Gasteiger partial charge on any atom is 0.141 e. The van der Waals surface area contributed by atoms with Gasteiger partial charge in [0, 0.05) is 39.6 Å². The van der Waals surface area contributed by atoms with Crippen LogP contribution in [0.5, 0.6) is 0 Å². The van der Waals surface area contributed by atoms with Crippen LogP contribution in [0.1, 0.15) is 58.6 Å². The van der Waals surface area contributed by atoms with Crippen molar-refractivity contribution in [2.75, 3.05) is 0 Å². The fourth-order valence-electron chi connectivity index (χ4n) is 5.49. The molecule has 0 bridgehead atoms. The van der Waals surface area contributed by atoms with E-state index in [4.69, 9.17) is 8.83 Å². The number of aryl methyl sites for hydroxylation is 1. The van der Waals surface area contributed by atoms with E-state index < -0.39 is 16.1 Å². The maximum atomic E-state index is 6.92. The van der Waals surface area contributed by atoms with E-state index >= 15 is 0 Å². The normalized spacial score (nSPS) is 13.4. The Morgan fingerprint density at radius 1 is 0.561 bits per heavy atom. The van der Waals surface area contributed by atoms with Gasteiger partial charge in [0.15, 0.2) is 0 Å². The summed E-state index contributed by atoms with van der Waals surface area (Å²) in [5, 5.41) is 2.93. The lowest BCUT2D eigenvalue weighted by Gasteiger charge is -2.36. The van der Waals surface area contributed by atoms with Crippen LogP contribution in [-0.2, 0) is 12.1 Å². The van der Waals surface area contributed by atoms with Crippen molar-refractivity contribution in [2.24, 2.45) is 0 Å². The van der Waals surface area contributed by atoms with Crippen LogP contribution in [0.15, 0.2) is 75.6 Å². The van der Waals surface area contributed by atoms with Crippen molar-refractivity contribution in [2.45, 2.75) is 96.8 Å². The topological polar surface area (TPSA) is 26.3 Å². The first-order valence-corrected chi connectivity index (χ1v) is 21.5. The number of hydrogen-bond donors (Lipinski definition) is 0.